The van der Waals surface area contributed by atoms with E-state index in [1.807, 2.05) is 18.2 Å². The highest BCUT2D eigenvalue weighted by Gasteiger charge is 2.14. The highest BCUT2D eigenvalue weighted by molar-refractivity contribution is 9.11. The number of carbonyl (C=O) groups excluding carboxylic acids is 2. The van der Waals surface area contributed by atoms with Crippen LogP contribution < -0.4 is 4.80 Å². The molecule has 8 heteroatoms. The molecule has 26 heavy (non-hydrogen) atoms. The summed E-state index contributed by atoms with van der Waals surface area (Å²) >= 11 is 6.08. The SMILES string of the molecule is COC(=O)Cn1c(=NC(=O)c2ccc(Br)s2)sc2cc(C(C)C)ccc21. The summed E-state index contributed by atoms with van der Waals surface area (Å²) in [6.07, 6.45) is 0. The van der Waals surface area contributed by atoms with E-state index in [0.29, 0.717) is 15.6 Å². The number of thiophene rings is 1. The predicted octanol–water partition coefficient (Wildman–Crippen LogP) is 4.56. The van der Waals surface area contributed by atoms with Crippen LogP contribution in [0, 0.1) is 0 Å². The Morgan fingerprint density at radius 3 is 2.62 bits per heavy atom. The summed E-state index contributed by atoms with van der Waals surface area (Å²) in [5.41, 5.74) is 2.06. The van der Waals surface area contributed by atoms with Crippen LogP contribution in [0.1, 0.15) is 35.0 Å². The van der Waals surface area contributed by atoms with Crippen molar-refractivity contribution in [3.8, 4) is 0 Å². The molecule has 0 bridgehead atoms. The molecule has 0 spiro atoms. The van der Waals surface area contributed by atoms with Gasteiger partial charge in [0.05, 0.1) is 26.0 Å². The van der Waals surface area contributed by atoms with Gasteiger partial charge < -0.3 is 9.30 Å². The van der Waals surface area contributed by atoms with E-state index < -0.39 is 0 Å². The van der Waals surface area contributed by atoms with Gasteiger partial charge in [0, 0.05) is 0 Å². The maximum Gasteiger partial charge on any atom is 0.325 e. The molecule has 0 fully saturated rings. The quantitative estimate of drug-likeness (QED) is 0.544. The number of thiazole rings is 1. The number of amides is 1. The van der Waals surface area contributed by atoms with Gasteiger partial charge in [-0.1, -0.05) is 31.3 Å². The number of hydrogen-bond acceptors (Lipinski definition) is 5. The van der Waals surface area contributed by atoms with Crippen LogP contribution in [-0.2, 0) is 16.1 Å². The number of hydrogen-bond donors (Lipinski definition) is 0. The summed E-state index contributed by atoms with van der Waals surface area (Å²) in [7, 11) is 1.35. The Hall–Kier alpha value is -1.77. The zero-order valence-electron chi connectivity index (χ0n) is 14.5. The summed E-state index contributed by atoms with van der Waals surface area (Å²) in [4.78, 5) is 29.6. The Morgan fingerprint density at radius 2 is 2.00 bits per heavy atom. The molecule has 2 heterocycles. The van der Waals surface area contributed by atoms with Crippen molar-refractivity contribution in [3.63, 3.8) is 0 Å². The minimum atomic E-state index is -0.384. The average Bonchev–Trinajstić information content (AvgIpc) is 3.18. The molecule has 136 valence electrons. The molecular formula is C18H17BrN2O3S2. The Bertz CT molecular complexity index is 1050. The van der Waals surface area contributed by atoms with E-state index in [1.54, 1.807) is 10.6 Å². The topological polar surface area (TPSA) is 60.7 Å². The Kier molecular flexibility index (Phi) is 5.74. The second-order valence-electron chi connectivity index (χ2n) is 5.95. The van der Waals surface area contributed by atoms with Gasteiger partial charge in [0.15, 0.2) is 4.80 Å². The van der Waals surface area contributed by atoms with E-state index in [1.165, 1.54) is 35.3 Å². The zero-order chi connectivity index (χ0) is 18.8. The van der Waals surface area contributed by atoms with Crippen molar-refractivity contribution in [2.45, 2.75) is 26.3 Å². The molecule has 2 aromatic heterocycles. The number of rotatable bonds is 4. The minimum Gasteiger partial charge on any atom is -0.468 e. The number of nitrogens with zero attached hydrogens (tertiary/aromatic N) is 2. The third kappa shape index (κ3) is 3.97. The molecule has 0 aliphatic heterocycles. The molecule has 1 amide bonds. The fourth-order valence-corrected chi connectivity index (χ4v) is 4.80. The van der Waals surface area contributed by atoms with Crippen LogP contribution in [0.2, 0.25) is 0 Å². The Morgan fingerprint density at radius 1 is 1.23 bits per heavy atom. The first-order valence-corrected chi connectivity index (χ1v) is 10.4. The van der Waals surface area contributed by atoms with E-state index in [0.717, 1.165) is 14.0 Å². The van der Waals surface area contributed by atoms with Crippen LogP contribution in [0.3, 0.4) is 0 Å². The highest BCUT2D eigenvalue weighted by Crippen LogP contribution is 2.25. The van der Waals surface area contributed by atoms with E-state index in [-0.39, 0.29) is 18.4 Å². The first-order valence-electron chi connectivity index (χ1n) is 7.93. The molecule has 0 saturated heterocycles. The summed E-state index contributed by atoms with van der Waals surface area (Å²) < 4.78 is 8.39. The first-order chi connectivity index (χ1) is 12.4. The lowest BCUT2D eigenvalue weighted by Gasteiger charge is -2.06. The van der Waals surface area contributed by atoms with Crippen molar-refractivity contribution in [3.05, 3.63) is 49.4 Å². The smallest absolute Gasteiger partial charge is 0.325 e. The molecule has 1 aromatic carbocycles. The van der Waals surface area contributed by atoms with Crippen LogP contribution in [-0.4, -0.2) is 23.6 Å². The standard InChI is InChI=1S/C18H17BrN2O3S2/c1-10(2)11-4-5-12-14(8-11)26-18(21(12)9-16(22)24-3)20-17(23)13-6-7-15(19)25-13/h4-8,10H,9H2,1-3H3. The third-order valence-electron chi connectivity index (χ3n) is 3.87. The monoisotopic (exact) mass is 452 g/mol. The molecule has 3 rings (SSSR count). The summed E-state index contributed by atoms with van der Waals surface area (Å²) in [6.45, 7) is 4.26. The molecule has 5 nitrogen and oxygen atoms in total. The molecule has 0 aliphatic carbocycles. The van der Waals surface area contributed by atoms with E-state index in [9.17, 15) is 9.59 Å². The second-order valence-corrected chi connectivity index (χ2v) is 9.42. The summed E-state index contributed by atoms with van der Waals surface area (Å²) in [5.74, 6) is -0.318. The van der Waals surface area contributed by atoms with Gasteiger partial charge in [-0.3, -0.25) is 9.59 Å². The van der Waals surface area contributed by atoms with Crippen molar-refractivity contribution in [1.29, 1.82) is 0 Å². The van der Waals surface area contributed by atoms with E-state index >= 15 is 0 Å². The number of aromatic nitrogens is 1. The predicted molar refractivity (Wildman–Crippen MR) is 108 cm³/mol. The van der Waals surface area contributed by atoms with Gasteiger partial charge in [-0.25, -0.2) is 0 Å². The summed E-state index contributed by atoms with van der Waals surface area (Å²) in [6, 6.07) is 9.64. The van der Waals surface area contributed by atoms with Crippen molar-refractivity contribution in [2.24, 2.45) is 4.99 Å². The van der Waals surface area contributed by atoms with Crippen LogP contribution in [0.25, 0.3) is 10.2 Å². The molecule has 0 unspecified atom stereocenters. The fraction of sp³-hybridized carbons (Fsp3) is 0.278. The van der Waals surface area contributed by atoms with Crippen molar-refractivity contribution in [2.75, 3.05) is 7.11 Å². The number of methoxy groups -OCH3 is 1. The van der Waals surface area contributed by atoms with E-state index in [2.05, 4.69) is 40.8 Å². The number of benzene rings is 1. The lowest BCUT2D eigenvalue weighted by molar-refractivity contribution is -0.141. The number of halogens is 1. The molecule has 0 N–H and O–H groups in total. The van der Waals surface area contributed by atoms with Crippen LogP contribution in [0.4, 0.5) is 0 Å². The van der Waals surface area contributed by atoms with Gasteiger partial charge in [-0.05, 0) is 51.7 Å². The lowest BCUT2D eigenvalue weighted by Crippen LogP contribution is -2.22. The van der Waals surface area contributed by atoms with Gasteiger partial charge in [0.2, 0.25) is 0 Å². The van der Waals surface area contributed by atoms with Crippen molar-refractivity contribution >= 4 is 60.7 Å². The maximum absolute atomic E-state index is 12.5. The van der Waals surface area contributed by atoms with Gasteiger partial charge in [0.25, 0.3) is 5.91 Å². The van der Waals surface area contributed by atoms with E-state index in [4.69, 9.17) is 4.74 Å². The molecule has 0 aliphatic rings. The lowest BCUT2D eigenvalue weighted by atomic mass is 10.0. The molecule has 0 radical (unpaired) electrons. The molecular weight excluding hydrogens is 436 g/mol. The normalized spacial score (nSPS) is 12.1. The zero-order valence-corrected chi connectivity index (χ0v) is 17.7. The van der Waals surface area contributed by atoms with Gasteiger partial charge in [0.1, 0.15) is 6.54 Å². The van der Waals surface area contributed by atoms with Crippen LogP contribution >= 0.6 is 38.6 Å². The van der Waals surface area contributed by atoms with Crippen LogP contribution in [0.5, 0.6) is 0 Å². The van der Waals surface area contributed by atoms with Gasteiger partial charge in [-0.15, -0.1) is 11.3 Å². The minimum absolute atomic E-state index is 0.0117. The number of fused-ring (bicyclic) bond motifs is 1. The molecule has 0 saturated carbocycles. The van der Waals surface area contributed by atoms with Crippen LogP contribution in [0.15, 0.2) is 39.1 Å². The number of carbonyl (C=O) groups is 2. The molecule has 0 atom stereocenters. The summed E-state index contributed by atoms with van der Waals surface area (Å²) in [5, 5.41) is 0. The highest BCUT2D eigenvalue weighted by atomic mass is 79.9. The number of ether oxygens (including phenoxy) is 1. The largest absolute Gasteiger partial charge is 0.468 e. The number of esters is 1. The average molecular weight is 453 g/mol. The molecule has 3 aromatic rings. The fourth-order valence-electron chi connectivity index (χ4n) is 2.45. The third-order valence-corrected chi connectivity index (χ3v) is 6.52. The Balaban J connectivity index is 2.15. The first kappa shape index (κ1) is 19.0. The maximum atomic E-state index is 12.5. The Labute approximate surface area is 167 Å². The second kappa shape index (κ2) is 7.85. The van der Waals surface area contributed by atoms with Gasteiger partial charge >= 0.3 is 5.97 Å². The van der Waals surface area contributed by atoms with Crippen molar-refractivity contribution in [1.82, 2.24) is 4.57 Å². The van der Waals surface area contributed by atoms with Gasteiger partial charge in [-0.2, -0.15) is 4.99 Å². The van der Waals surface area contributed by atoms with Crippen molar-refractivity contribution < 1.29 is 14.3 Å².